The molecule has 0 unspecified atom stereocenters. The molecule has 2 aliphatic rings. The summed E-state index contributed by atoms with van der Waals surface area (Å²) in [5, 5.41) is 0. The summed E-state index contributed by atoms with van der Waals surface area (Å²) in [6.45, 7) is 2.46. The van der Waals surface area contributed by atoms with Crippen LogP contribution in [-0.4, -0.2) is 12.5 Å². The molecule has 1 heterocycles. The lowest BCUT2D eigenvalue weighted by Gasteiger charge is -2.22. The summed E-state index contributed by atoms with van der Waals surface area (Å²) in [5.74, 6) is 0.898. The van der Waals surface area contributed by atoms with Gasteiger partial charge in [-0.2, -0.15) is 0 Å². The molecular weight excluding hydrogens is 294 g/mol. The van der Waals surface area contributed by atoms with Crippen LogP contribution in [0.1, 0.15) is 56.1 Å². The minimum absolute atomic E-state index is 0.137. The molecule has 0 bridgehead atoms. The number of hydrogen-bond acceptors (Lipinski definition) is 1. The molecule has 0 saturated heterocycles. The van der Waals surface area contributed by atoms with Gasteiger partial charge in [0.05, 0.1) is 0 Å². The van der Waals surface area contributed by atoms with Crippen molar-refractivity contribution in [3.8, 4) is 11.1 Å². The summed E-state index contributed by atoms with van der Waals surface area (Å²) < 4.78 is 0. The van der Waals surface area contributed by atoms with Gasteiger partial charge in [-0.25, -0.2) is 0 Å². The summed E-state index contributed by atoms with van der Waals surface area (Å²) in [4.78, 5) is 13.6. The fourth-order valence-corrected chi connectivity index (χ4v) is 4.29. The average molecular weight is 319 g/mol. The molecular formula is C22H25NO. The summed E-state index contributed by atoms with van der Waals surface area (Å²) in [6.07, 6.45) is 7.82. The Labute approximate surface area is 144 Å². The summed E-state index contributed by atoms with van der Waals surface area (Å²) >= 11 is 0. The second-order valence-corrected chi connectivity index (χ2v) is 7.22. The predicted molar refractivity (Wildman–Crippen MR) is 99.4 cm³/mol. The second-order valence-electron chi connectivity index (χ2n) is 7.22. The monoisotopic (exact) mass is 319 g/mol. The highest BCUT2D eigenvalue weighted by molar-refractivity contribution is 5.94. The number of hydrogen-bond donors (Lipinski definition) is 0. The summed E-state index contributed by atoms with van der Waals surface area (Å²) in [5.41, 5.74) is 6.42. The molecule has 0 aromatic heterocycles. The minimum Gasteiger partial charge on any atom is -0.312 e. The number of fused-ring (bicyclic) bond motifs is 1. The normalized spacial score (nSPS) is 17.8. The number of rotatable bonds is 2. The average Bonchev–Trinajstić information content (AvgIpc) is 3.06. The summed E-state index contributed by atoms with van der Waals surface area (Å²) in [7, 11) is 0. The van der Waals surface area contributed by atoms with Crippen LogP contribution in [0.2, 0.25) is 0 Å². The molecule has 1 amide bonds. The third kappa shape index (κ3) is 2.86. The second kappa shape index (κ2) is 6.43. The fraction of sp³-hybridized carbons (Fsp3) is 0.409. The summed E-state index contributed by atoms with van der Waals surface area (Å²) in [6, 6.07) is 15.7. The molecule has 2 heteroatoms. The van der Waals surface area contributed by atoms with Crippen molar-refractivity contribution in [2.45, 2.75) is 51.4 Å². The van der Waals surface area contributed by atoms with Gasteiger partial charge in [0.1, 0.15) is 0 Å². The zero-order valence-corrected chi connectivity index (χ0v) is 14.4. The zero-order valence-electron chi connectivity index (χ0n) is 14.4. The van der Waals surface area contributed by atoms with Crippen molar-refractivity contribution in [3.63, 3.8) is 0 Å². The standard InChI is InChI=1S/C22H25NO/c1-16(24)23-14-13-21-15-20(11-12-22(21)23)19-9-7-18(8-10-19)17-5-3-2-4-6-17/h7-12,15,17H,2-6,13-14H2,1H3. The minimum atomic E-state index is 0.137. The van der Waals surface area contributed by atoms with Gasteiger partial charge < -0.3 is 4.90 Å². The number of benzene rings is 2. The van der Waals surface area contributed by atoms with Crippen LogP contribution in [0.5, 0.6) is 0 Å². The van der Waals surface area contributed by atoms with Gasteiger partial charge in [0.25, 0.3) is 0 Å². The van der Waals surface area contributed by atoms with Crippen molar-refractivity contribution in [2.24, 2.45) is 0 Å². The van der Waals surface area contributed by atoms with E-state index in [0.717, 1.165) is 24.6 Å². The highest BCUT2D eigenvalue weighted by atomic mass is 16.2. The first kappa shape index (κ1) is 15.4. The maximum atomic E-state index is 11.7. The van der Waals surface area contributed by atoms with Gasteiger partial charge in [0, 0.05) is 19.2 Å². The quantitative estimate of drug-likeness (QED) is 0.734. The van der Waals surface area contributed by atoms with Gasteiger partial charge in [0.2, 0.25) is 5.91 Å². The lowest BCUT2D eigenvalue weighted by molar-refractivity contribution is -0.116. The highest BCUT2D eigenvalue weighted by Crippen LogP contribution is 2.35. The van der Waals surface area contributed by atoms with E-state index in [2.05, 4.69) is 42.5 Å². The number of carbonyl (C=O) groups excluding carboxylic acids is 1. The van der Waals surface area contributed by atoms with E-state index in [1.165, 1.54) is 54.4 Å². The predicted octanol–water partition coefficient (Wildman–Crippen LogP) is 5.31. The molecule has 2 aromatic carbocycles. The van der Waals surface area contributed by atoms with Gasteiger partial charge >= 0.3 is 0 Å². The van der Waals surface area contributed by atoms with E-state index in [1.54, 1.807) is 6.92 Å². The lowest BCUT2D eigenvalue weighted by Crippen LogP contribution is -2.25. The highest BCUT2D eigenvalue weighted by Gasteiger charge is 2.22. The van der Waals surface area contributed by atoms with E-state index in [4.69, 9.17) is 0 Å². The molecule has 0 atom stereocenters. The molecule has 2 nitrogen and oxygen atoms in total. The van der Waals surface area contributed by atoms with E-state index in [-0.39, 0.29) is 5.91 Å². The van der Waals surface area contributed by atoms with Crippen LogP contribution in [-0.2, 0) is 11.2 Å². The number of anilines is 1. The van der Waals surface area contributed by atoms with Crippen LogP contribution in [0.15, 0.2) is 42.5 Å². The van der Waals surface area contributed by atoms with E-state index in [9.17, 15) is 4.79 Å². The van der Waals surface area contributed by atoms with Crippen LogP contribution < -0.4 is 4.90 Å². The Morgan fingerprint density at radius 3 is 2.38 bits per heavy atom. The van der Waals surface area contributed by atoms with Crippen molar-refractivity contribution in [2.75, 3.05) is 11.4 Å². The van der Waals surface area contributed by atoms with Crippen molar-refractivity contribution in [1.82, 2.24) is 0 Å². The maximum Gasteiger partial charge on any atom is 0.223 e. The van der Waals surface area contributed by atoms with Crippen LogP contribution in [0, 0.1) is 0 Å². The van der Waals surface area contributed by atoms with Gasteiger partial charge in [0.15, 0.2) is 0 Å². The molecule has 124 valence electrons. The molecule has 2 aromatic rings. The van der Waals surface area contributed by atoms with Crippen molar-refractivity contribution in [3.05, 3.63) is 53.6 Å². The van der Waals surface area contributed by atoms with E-state index >= 15 is 0 Å². The first-order valence-electron chi connectivity index (χ1n) is 9.24. The van der Waals surface area contributed by atoms with Crippen molar-refractivity contribution >= 4 is 11.6 Å². The smallest absolute Gasteiger partial charge is 0.223 e. The Kier molecular flexibility index (Phi) is 4.13. The van der Waals surface area contributed by atoms with E-state index in [1.807, 2.05) is 4.90 Å². The van der Waals surface area contributed by atoms with Crippen LogP contribution in [0.3, 0.4) is 0 Å². The van der Waals surface area contributed by atoms with Gasteiger partial charge in [-0.3, -0.25) is 4.79 Å². The van der Waals surface area contributed by atoms with Gasteiger partial charge in [-0.1, -0.05) is 49.6 Å². The molecule has 0 radical (unpaired) electrons. The first-order chi connectivity index (χ1) is 11.7. The Hall–Kier alpha value is -2.09. The molecule has 1 aliphatic heterocycles. The zero-order chi connectivity index (χ0) is 16.5. The largest absolute Gasteiger partial charge is 0.312 e. The Bertz CT molecular complexity index is 741. The van der Waals surface area contributed by atoms with Gasteiger partial charge in [-0.05, 0) is 59.6 Å². The van der Waals surface area contributed by atoms with E-state index in [0.29, 0.717) is 0 Å². The molecule has 0 N–H and O–H groups in total. The molecule has 1 fully saturated rings. The third-order valence-electron chi connectivity index (χ3n) is 5.68. The number of nitrogens with zero attached hydrogens (tertiary/aromatic N) is 1. The Morgan fingerprint density at radius 2 is 1.67 bits per heavy atom. The molecule has 1 saturated carbocycles. The Balaban J connectivity index is 1.57. The van der Waals surface area contributed by atoms with Crippen molar-refractivity contribution < 1.29 is 4.79 Å². The SMILES string of the molecule is CC(=O)N1CCc2cc(-c3ccc(C4CCCCC4)cc3)ccc21. The van der Waals surface area contributed by atoms with E-state index < -0.39 is 0 Å². The topological polar surface area (TPSA) is 20.3 Å². The molecule has 1 aliphatic carbocycles. The first-order valence-corrected chi connectivity index (χ1v) is 9.24. The molecule has 24 heavy (non-hydrogen) atoms. The van der Waals surface area contributed by atoms with Crippen LogP contribution in [0.4, 0.5) is 5.69 Å². The third-order valence-corrected chi connectivity index (χ3v) is 5.68. The lowest BCUT2D eigenvalue weighted by atomic mass is 9.83. The van der Waals surface area contributed by atoms with Crippen LogP contribution in [0.25, 0.3) is 11.1 Å². The molecule has 4 rings (SSSR count). The molecule has 0 spiro atoms. The van der Waals surface area contributed by atoms with Gasteiger partial charge in [-0.15, -0.1) is 0 Å². The maximum absolute atomic E-state index is 11.7. The Morgan fingerprint density at radius 1 is 0.958 bits per heavy atom. The number of carbonyl (C=O) groups is 1. The number of amides is 1. The van der Waals surface area contributed by atoms with Crippen molar-refractivity contribution in [1.29, 1.82) is 0 Å². The fourth-order valence-electron chi connectivity index (χ4n) is 4.29. The van der Waals surface area contributed by atoms with Crippen LogP contribution >= 0.6 is 0 Å².